The van der Waals surface area contributed by atoms with Crippen LogP contribution in [0.5, 0.6) is 0 Å². The second-order valence-electron chi connectivity index (χ2n) is 7.43. The molecular formula is C25H20F2N2O3. The normalized spacial score (nSPS) is 11.1. The Morgan fingerprint density at radius 1 is 0.625 bits per heavy atom. The van der Waals surface area contributed by atoms with E-state index >= 15 is 0 Å². The minimum atomic E-state index is -0.420. The maximum Gasteiger partial charge on any atom is 0.329 e. The lowest BCUT2D eigenvalue weighted by Gasteiger charge is -2.04. The number of hydrogen-bond acceptors (Lipinski definition) is 3. The Labute approximate surface area is 182 Å². The summed E-state index contributed by atoms with van der Waals surface area (Å²) in [6.45, 7) is 0.322. The topological polar surface area (TPSA) is 61.1 Å². The number of ketones is 2. The zero-order valence-corrected chi connectivity index (χ0v) is 17.1. The molecule has 0 N–H and O–H groups in total. The van der Waals surface area contributed by atoms with Gasteiger partial charge in [-0.1, -0.05) is 12.1 Å². The molecule has 0 spiro atoms. The van der Waals surface area contributed by atoms with Crippen LogP contribution < -0.4 is 5.69 Å². The highest BCUT2D eigenvalue weighted by Crippen LogP contribution is 2.16. The zero-order valence-electron chi connectivity index (χ0n) is 17.1. The average Bonchev–Trinajstić information content (AvgIpc) is 3.07. The highest BCUT2D eigenvalue weighted by molar-refractivity contribution is 5.96. The van der Waals surface area contributed by atoms with E-state index in [1.807, 2.05) is 0 Å². The third kappa shape index (κ3) is 4.42. The molecule has 0 fully saturated rings. The SMILES string of the molecule is O=C(CCn1c(=O)n(CCC(=O)c2ccc(F)cc2)c2ccccc21)c1ccc(F)cc1. The molecule has 0 aliphatic heterocycles. The zero-order chi connectivity index (χ0) is 22.7. The van der Waals surface area contributed by atoms with Crippen LogP contribution in [0.3, 0.4) is 0 Å². The summed E-state index contributed by atoms with van der Waals surface area (Å²) in [6.07, 6.45) is 0.155. The van der Waals surface area contributed by atoms with Gasteiger partial charge in [0.05, 0.1) is 11.0 Å². The van der Waals surface area contributed by atoms with E-state index in [0.717, 1.165) is 0 Å². The maximum absolute atomic E-state index is 13.1. The summed E-state index contributed by atoms with van der Waals surface area (Å²) in [5.74, 6) is -1.23. The predicted molar refractivity (Wildman–Crippen MR) is 117 cm³/mol. The molecule has 0 bridgehead atoms. The van der Waals surface area contributed by atoms with E-state index in [1.165, 1.54) is 57.7 Å². The number of fused-ring (bicyclic) bond motifs is 1. The van der Waals surface area contributed by atoms with Crippen molar-refractivity contribution in [3.05, 3.63) is 106 Å². The first-order chi connectivity index (χ1) is 15.4. The molecule has 3 aromatic carbocycles. The van der Waals surface area contributed by atoms with E-state index in [0.29, 0.717) is 22.2 Å². The predicted octanol–water partition coefficient (Wildman–Crippen LogP) is 4.63. The fourth-order valence-electron chi connectivity index (χ4n) is 3.69. The first kappa shape index (κ1) is 21.4. The molecule has 0 aliphatic rings. The summed E-state index contributed by atoms with van der Waals surface area (Å²) >= 11 is 0. The summed E-state index contributed by atoms with van der Waals surface area (Å²) < 4.78 is 29.2. The van der Waals surface area contributed by atoms with Crippen molar-refractivity contribution in [1.29, 1.82) is 0 Å². The Hall–Kier alpha value is -3.87. The molecule has 32 heavy (non-hydrogen) atoms. The number of carbonyl (C=O) groups is 2. The number of imidazole rings is 1. The van der Waals surface area contributed by atoms with Crippen molar-refractivity contribution in [1.82, 2.24) is 9.13 Å². The molecule has 0 amide bonds. The van der Waals surface area contributed by atoms with Crippen molar-refractivity contribution >= 4 is 22.6 Å². The number of nitrogens with zero attached hydrogens (tertiary/aromatic N) is 2. The van der Waals surface area contributed by atoms with E-state index in [1.54, 1.807) is 24.3 Å². The van der Waals surface area contributed by atoms with E-state index in [-0.39, 0.29) is 43.2 Å². The summed E-state index contributed by atoms with van der Waals surface area (Å²) in [4.78, 5) is 38.0. The molecule has 0 radical (unpaired) electrons. The van der Waals surface area contributed by atoms with Gasteiger partial charge in [0.25, 0.3) is 0 Å². The van der Waals surface area contributed by atoms with Gasteiger partial charge in [-0.15, -0.1) is 0 Å². The van der Waals surface area contributed by atoms with Gasteiger partial charge in [-0.05, 0) is 60.7 Å². The van der Waals surface area contributed by atoms with Crippen LogP contribution in [0.2, 0.25) is 0 Å². The number of halogens is 2. The van der Waals surface area contributed by atoms with Crippen LogP contribution >= 0.6 is 0 Å². The van der Waals surface area contributed by atoms with Crippen LogP contribution in [0.15, 0.2) is 77.6 Å². The van der Waals surface area contributed by atoms with E-state index in [4.69, 9.17) is 0 Å². The van der Waals surface area contributed by atoms with Crippen LogP contribution in [-0.2, 0) is 13.1 Å². The number of hydrogen-bond donors (Lipinski definition) is 0. The maximum atomic E-state index is 13.1. The number of para-hydroxylation sites is 2. The number of rotatable bonds is 8. The summed E-state index contributed by atoms with van der Waals surface area (Å²) in [6, 6.07) is 17.8. The number of Topliss-reactive ketones (excluding diaryl/α,β-unsaturated/α-hetero) is 2. The molecule has 0 atom stereocenters. The number of aryl methyl sites for hydroxylation is 2. The van der Waals surface area contributed by atoms with Crippen LogP contribution in [0.1, 0.15) is 33.6 Å². The fourth-order valence-corrected chi connectivity index (χ4v) is 3.69. The Morgan fingerprint density at radius 2 is 1.00 bits per heavy atom. The Bertz CT molecular complexity index is 1240. The lowest BCUT2D eigenvalue weighted by Crippen LogP contribution is -2.26. The second-order valence-corrected chi connectivity index (χ2v) is 7.43. The van der Waals surface area contributed by atoms with E-state index < -0.39 is 11.6 Å². The minimum absolute atomic E-state index is 0.0774. The van der Waals surface area contributed by atoms with Gasteiger partial charge in [0.2, 0.25) is 0 Å². The highest BCUT2D eigenvalue weighted by Gasteiger charge is 2.16. The Kier molecular flexibility index (Phi) is 6.07. The summed E-state index contributed by atoms with van der Waals surface area (Å²) in [5, 5.41) is 0. The number of benzene rings is 3. The number of aromatic nitrogens is 2. The average molecular weight is 434 g/mol. The van der Waals surface area contributed by atoms with Gasteiger partial charge in [0.1, 0.15) is 11.6 Å². The largest absolute Gasteiger partial charge is 0.329 e. The monoisotopic (exact) mass is 434 g/mol. The van der Waals surface area contributed by atoms with Crippen molar-refractivity contribution in [3.8, 4) is 0 Å². The molecule has 4 aromatic rings. The molecule has 0 aliphatic carbocycles. The van der Waals surface area contributed by atoms with Crippen LogP contribution in [0.25, 0.3) is 11.0 Å². The Morgan fingerprint density at radius 3 is 1.38 bits per heavy atom. The first-order valence-electron chi connectivity index (χ1n) is 10.2. The first-order valence-corrected chi connectivity index (χ1v) is 10.2. The lowest BCUT2D eigenvalue weighted by molar-refractivity contribution is 0.0971. The van der Waals surface area contributed by atoms with E-state index in [2.05, 4.69) is 0 Å². The molecule has 0 saturated carbocycles. The molecule has 1 heterocycles. The highest BCUT2D eigenvalue weighted by atomic mass is 19.1. The summed E-state index contributed by atoms with van der Waals surface area (Å²) in [7, 11) is 0. The Balaban J connectivity index is 1.54. The molecule has 0 unspecified atom stereocenters. The minimum Gasteiger partial charge on any atom is -0.294 e. The van der Waals surface area contributed by atoms with Gasteiger partial charge in [-0.2, -0.15) is 0 Å². The quantitative estimate of drug-likeness (QED) is 0.380. The molecule has 7 heteroatoms. The summed E-state index contributed by atoms with van der Waals surface area (Å²) in [5.41, 5.74) is 1.78. The van der Waals surface area contributed by atoms with E-state index in [9.17, 15) is 23.2 Å². The standard InChI is InChI=1S/C25H20F2N2O3/c26-19-9-5-17(6-10-19)23(30)13-15-28-21-3-1-2-4-22(21)29(25(28)32)16-14-24(31)18-7-11-20(27)12-8-18/h1-12H,13-16H2. The van der Waals surface area contributed by atoms with Crippen molar-refractivity contribution < 1.29 is 18.4 Å². The van der Waals surface area contributed by atoms with Gasteiger partial charge in [-0.25, -0.2) is 13.6 Å². The van der Waals surface area contributed by atoms with Crippen molar-refractivity contribution in [2.45, 2.75) is 25.9 Å². The van der Waals surface area contributed by atoms with Crippen LogP contribution in [0, 0.1) is 11.6 Å². The molecule has 4 rings (SSSR count). The van der Waals surface area contributed by atoms with Gasteiger partial charge in [0, 0.05) is 37.1 Å². The van der Waals surface area contributed by atoms with Crippen LogP contribution in [-0.4, -0.2) is 20.7 Å². The molecule has 1 aromatic heterocycles. The molecule has 5 nitrogen and oxygen atoms in total. The lowest BCUT2D eigenvalue weighted by atomic mass is 10.1. The van der Waals surface area contributed by atoms with Crippen molar-refractivity contribution in [3.63, 3.8) is 0 Å². The molecular weight excluding hydrogens is 414 g/mol. The second kappa shape index (κ2) is 9.09. The number of carbonyl (C=O) groups excluding carboxylic acids is 2. The van der Waals surface area contributed by atoms with Gasteiger partial charge < -0.3 is 0 Å². The van der Waals surface area contributed by atoms with Crippen molar-refractivity contribution in [2.75, 3.05) is 0 Å². The smallest absolute Gasteiger partial charge is 0.294 e. The third-order valence-electron chi connectivity index (χ3n) is 5.38. The van der Waals surface area contributed by atoms with Crippen molar-refractivity contribution in [2.24, 2.45) is 0 Å². The van der Waals surface area contributed by atoms with Gasteiger partial charge >= 0.3 is 5.69 Å². The molecule has 162 valence electrons. The fraction of sp³-hybridized carbons (Fsp3) is 0.160. The molecule has 0 saturated heterocycles. The van der Waals surface area contributed by atoms with Gasteiger partial charge in [0.15, 0.2) is 11.6 Å². The van der Waals surface area contributed by atoms with Gasteiger partial charge in [-0.3, -0.25) is 18.7 Å². The third-order valence-corrected chi connectivity index (χ3v) is 5.38. The van der Waals surface area contributed by atoms with Crippen LogP contribution in [0.4, 0.5) is 8.78 Å².